The van der Waals surface area contributed by atoms with E-state index in [1.807, 2.05) is 48.5 Å². The number of rotatable bonds is 10. The van der Waals surface area contributed by atoms with Crippen LogP contribution in [0.1, 0.15) is 30.4 Å². The van der Waals surface area contributed by atoms with Gasteiger partial charge >= 0.3 is 0 Å². The molecule has 2 N–H and O–H groups in total. The highest BCUT2D eigenvalue weighted by Crippen LogP contribution is 2.11. The fraction of sp³-hybridized carbons (Fsp3) is 0.333. The number of nitrogens with one attached hydrogen (secondary N) is 2. The second-order valence-corrected chi connectivity index (χ2v) is 8.14. The van der Waals surface area contributed by atoms with E-state index in [1.54, 1.807) is 0 Å². The number of hydrogen-bond acceptors (Lipinski definition) is 2. The molecule has 0 unspecified atom stereocenters. The first-order valence-corrected chi connectivity index (χ1v) is 10.6. The quantitative estimate of drug-likeness (QED) is 0.513. The summed E-state index contributed by atoms with van der Waals surface area (Å²) in [5, 5.41) is 5.80. The van der Waals surface area contributed by atoms with Gasteiger partial charge in [0.25, 0.3) is 0 Å². The molecule has 27 heavy (non-hydrogen) atoms. The van der Waals surface area contributed by atoms with Gasteiger partial charge in [0, 0.05) is 34.9 Å². The predicted octanol–water partition coefficient (Wildman–Crippen LogP) is 4.40. The van der Waals surface area contributed by atoms with Crippen LogP contribution in [0, 0.1) is 0 Å². The van der Waals surface area contributed by atoms with Crippen LogP contribution in [0.3, 0.4) is 0 Å². The number of hydrogen-bond donors (Lipinski definition) is 2. The van der Waals surface area contributed by atoms with E-state index in [4.69, 9.17) is 0 Å². The van der Waals surface area contributed by atoms with Crippen molar-refractivity contribution >= 4 is 43.7 Å². The molecule has 0 aromatic heterocycles. The molecule has 0 saturated heterocycles. The van der Waals surface area contributed by atoms with Crippen molar-refractivity contribution < 1.29 is 9.59 Å². The average Bonchev–Trinajstić information content (AvgIpc) is 2.65. The summed E-state index contributed by atoms with van der Waals surface area (Å²) in [5.41, 5.74) is 2.37. The highest BCUT2D eigenvalue weighted by molar-refractivity contribution is 9.10. The van der Waals surface area contributed by atoms with Crippen molar-refractivity contribution in [3.63, 3.8) is 0 Å². The number of halogens is 2. The van der Waals surface area contributed by atoms with Gasteiger partial charge in [-0.3, -0.25) is 9.59 Å². The van der Waals surface area contributed by atoms with Crippen molar-refractivity contribution in [1.82, 2.24) is 10.6 Å². The second-order valence-electron chi connectivity index (χ2n) is 6.31. The van der Waals surface area contributed by atoms with Gasteiger partial charge in [-0.2, -0.15) is 0 Å². The summed E-state index contributed by atoms with van der Waals surface area (Å²) >= 11 is 6.81. The summed E-state index contributed by atoms with van der Waals surface area (Å²) in [6.07, 6.45) is 2.92. The zero-order chi connectivity index (χ0) is 19.5. The van der Waals surface area contributed by atoms with Crippen LogP contribution in [0.15, 0.2) is 57.5 Å². The Morgan fingerprint density at radius 3 is 1.41 bits per heavy atom. The first kappa shape index (κ1) is 21.6. The van der Waals surface area contributed by atoms with Crippen LogP contribution >= 0.6 is 31.9 Å². The van der Waals surface area contributed by atoms with Crippen molar-refractivity contribution in [2.24, 2.45) is 0 Å². The molecule has 2 amide bonds. The molecule has 0 spiro atoms. The molecule has 144 valence electrons. The zero-order valence-corrected chi connectivity index (χ0v) is 18.3. The van der Waals surface area contributed by atoms with Crippen molar-refractivity contribution in [3.8, 4) is 0 Å². The highest BCUT2D eigenvalue weighted by atomic mass is 79.9. The molecular formula is C21H24Br2N2O2. The van der Waals surface area contributed by atoms with Gasteiger partial charge in [0.1, 0.15) is 0 Å². The summed E-state index contributed by atoms with van der Waals surface area (Å²) in [7, 11) is 0. The van der Waals surface area contributed by atoms with Crippen molar-refractivity contribution in [2.45, 2.75) is 32.1 Å². The molecule has 0 fully saturated rings. The van der Waals surface area contributed by atoms with E-state index in [2.05, 4.69) is 42.5 Å². The van der Waals surface area contributed by atoms with Crippen molar-refractivity contribution in [1.29, 1.82) is 0 Å². The topological polar surface area (TPSA) is 58.2 Å². The first-order chi connectivity index (χ1) is 13.0. The lowest BCUT2D eigenvalue weighted by atomic mass is 10.1. The van der Waals surface area contributed by atoms with Gasteiger partial charge in [-0.15, -0.1) is 0 Å². The van der Waals surface area contributed by atoms with Gasteiger partial charge in [-0.25, -0.2) is 0 Å². The molecule has 0 aliphatic rings. The molecule has 2 rings (SSSR count). The molecule has 0 saturated carbocycles. The third-order valence-electron chi connectivity index (χ3n) is 4.11. The molecule has 0 radical (unpaired) electrons. The Morgan fingerprint density at radius 2 is 1.04 bits per heavy atom. The maximum absolute atomic E-state index is 11.8. The maximum atomic E-state index is 11.8. The van der Waals surface area contributed by atoms with Crippen LogP contribution in [0.5, 0.6) is 0 Å². The summed E-state index contributed by atoms with van der Waals surface area (Å²) in [5.74, 6) is -0.00968. The van der Waals surface area contributed by atoms with Crippen LogP contribution in [0.25, 0.3) is 0 Å². The van der Waals surface area contributed by atoms with Crippen molar-refractivity contribution in [3.05, 3.63) is 68.6 Å². The molecule has 2 aromatic rings. The molecule has 0 heterocycles. The normalized spacial score (nSPS) is 10.4. The summed E-state index contributed by atoms with van der Waals surface area (Å²) < 4.78 is 2.09. The molecule has 0 bridgehead atoms. The SMILES string of the molecule is O=C(CCCC(=O)NCCc1ccc(Br)cc1)NCCc1ccc(Br)cc1. The Morgan fingerprint density at radius 1 is 0.667 bits per heavy atom. The van der Waals surface area contributed by atoms with E-state index < -0.39 is 0 Å². The third-order valence-corrected chi connectivity index (χ3v) is 5.16. The highest BCUT2D eigenvalue weighted by Gasteiger charge is 2.05. The van der Waals surface area contributed by atoms with E-state index in [-0.39, 0.29) is 11.8 Å². The lowest BCUT2D eigenvalue weighted by Gasteiger charge is -2.07. The van der Waals surface area contributed by atoms with Crippen molar-refractivity contribution in [2.75, 3.05) is 13.1 Å². The fourth-order valence-electron chi connectivity index (χ4n) is 2.58. The van der Waals surface area contributed by atoms with Crippen LogP contribution in [0.2, 0.25) is 0 Å². The van der Waals surface area contributed by atoms with Crippen LogP contribution in [0.4, 0.5) is 0 Å². The van der Waals surface area contributed by atoms with Crippen LogP contribution in [-0.2, 0) is 22.4 Å². The number of carbonyl (C=O) groups is 2. The van der Waals surface area contributed by atoms with Gasteiger partial charge in [0.2, 0.25) is 11.8 Å². The Hall–Kier alpha value is -1.66. The summed E-state index contributed by atoms with van der Waals surface area (Å²) in [6.45, 7) is 1.22. The number of amides is 2. The Labute approximate surface area is 177 Å². The minimum Gasteiger partial charge on any atom is -0.356 e. The Balaban J connectivity index is 1.51. The van der Waals surface area contributed by atoms with E-state index in [1.165, 1.54) is 11.1 Å². The number of carbonyl (C=O) groups excluding carboxylic acids is 2. The smallest absolute Gasteiger partial charge is 0.220 e. The second kappa shape index (κ2) is 11.9. The molecule has 0 aliphatic carbocycles. The van der Waals surface area contributed by atoms with Gasteiger partial charge in [-0.1, -0.05) is 56.1 Å². The van der Waals surface area contributed by atoms with Gasteiger partial charge in [0.05, 0.1) is 0 Å². The van der Waals surface area contributed by atoms with Gasteiger partial charge < -0.3 is 10.6 Å². The summed E-state index contributed by atoms with van der Waals surface area (Å²) in [6, 6.07) is 16.1. The van der Waals surface area contributed by atoms with E-state index in [0.29, 0.717) is 32.4 Å². The van der Waals surface area contributed by atoms with Crippen LogP contribution in [-0.4, -0.2) is 24.9 Å². The average molecular weight is 496 g/mol. The monoisotopic (exact) mass is 494 g/mol. The molecular weight excluding hydrogens is 472 g/mol. The summed E-state index contributed by atoms with van der Waals surface area (Å²) in [4.78, 5) is 23.7. The fourth-order valence-corrected chi connectivity index (χ4v) is 3.11. The van der Waals surface area contributed by atoms with Gasteiger partial charge in [0.15, 0.2) is 0 Å². The first-order valence-electron chi connectivity index (χ1n) is 9.05. The standard InChI is InChI=1S/C21H24Br2N2O2/c22-18-8-4-16(5-9-18)12-14-24-20(26)2-1-3-21(27)25-15-13-17-6-10-19(23)11-7-17/h4-11H,1-3,12-15H2,(H,24,26)(H,25,27). The third kappa shape index (κ3) is 9.20. The molecule has 2 aromatic carbocycles. The minimum atomic E-state index is -0.00484. The Bertz CT molecular complexity index is 667. The van der Waals surface area contributed by atoms with Crippen LogP contribution < -0.4 is 10.6 Å². The molecule has 0 atom stereocenters. The Kier molecular flexibility index (Phi) is 9.56. The number of benzene rings is 2. The zero-order valence-electron chi connectivity index (χ0n) is 15.1. The van der Waals surface area contributed by atoms with E-state index in [9.17, 15) is 9.59 Å². The largest absolute Gasteiger partial charge is 0.356 e. The predicted molar refractivity (Wildman–Crippen MR) is 116 cm³/mol. The van der Waals surface area contributed by atoms with E-state index >= 15 is 0 Å². The molecule has 0 aliphatic heterocycles. The van der Waals surface area contributed by atoms with E-state index in [0.717, 1.165) is 21.8 Å². The molecule has 6 heteroatoms. The van der Waals surface area contributed by atoms with Gasteiger partial charge in [-0.05, 0) is 54.7 Å². The lowest BCUT2D eigenvalue weighted by molar-refractivity contribution is -0.122. The minimum absolute atomic E-state index is 0.00484. The molecule has 4 nitrogen and oxygen atoms in total. The lowest BCUT2D eigenvalue weighted by Crippen LogP contribution is -2.27. The maximum Gasteiger partial charge on any atom is 0.220 e.